The first-order valence-corrected chi connectivity index (χ1v) is 9.80. The maximum Gasteiger partial charge on any atom is 0.343 e. The number of amides is 2. The molecule has 0 saturated heterocycles. The monoisotopic (exact) mass is 419 g/mol. The number of rotatable bonds is 3. The SMILES string of the molecule is CNC(=O)C(NC(=O)n1nc(-c2ccc(F)c(F)c2)c2c1CCN(C)C2)C(C)(C)C. The third-order valence-corrected chi connectivity index (χ3v) is 5.28. The zero-order valence-corrected chi connectivity index (χ0v) is 17.8. The van der Waals surface area contributed by atoms with E-state index in [1.54, 1.807) is 0 Å². The van der Waals surface area contributed by atoms with Gasteiger partial charge in [0, 0.05) is 37.7 Å². The fourth-order valence-electron chi connectivity index (χ4n) is 3.60. The van der Waals surface area contributed by atoms with E-state index in [1.165, 1.54) is 17.8 Å². The summed E-state index contributed by atoms with van der Waals surface area (Å²) in [4.78, 5) is 27.5. The van der Waals surface area contributed by atoms with E-state index >= 15 is 0 Å². The van der Waals surface area contributed by atoms with Gasteiger partial charge in [-0.1, -0.05) is 20.8 Å². The molecule has 2 heterocycles. The van der Waals surface area contributed by atoms with Gasteiger partial charge in [-0.05, 0) is 30.7 Å². The Morgan fingerprint density at radius 2 is 1.90 bits per heavy atom. The molecule has 7 nitrogen and oxygen atoms in total. The number of carbonyl (C=O) groups excluding carboxylic acids is 2. The van der Waals surface area contributed by atoms with Crippen LogP contribution in [0.2, 0.25) is 0 Å². The fraction of sp³-hybridized carbons (Fsp3) is 0.476. The van der Waals surface area contributed by atoms with Crippen molar-refractivity contribution in [2.75, 3.05) is 20.6 Å². The van der Waals surface area contributed by atoms with Gasteiger partial charge in [-0.2, -0.15) is 9.78 Å². The Hall–Kier alpha value is -2.81. The molecule has 1 aliphatic heterocycles. The highest BCUT2D eigenvalue weighted by Gasteiger charge is 2.34. The topological polar surface area (TPSA) is 79.3 Å². The molecule has 2 amide bonds. The van der Waals surface area contributed by atoms with Crippen LogP contribution in [0.5, 0.6) is 0 Å². The van der Waals surface area contributed by atoms with Crippen molar-refractivity contribution in [3.8, 4) is 11.3 Å². The zero-order chi connectivity index (χ0) is 22.2. The van der Waals surface area contributed by atoms with Crippen molar-refractivity contribution in [2.24, 2.45) is 5.41 Å². The van der Waals surface area contributed by atoms with E-state index in [0.717, 1.165) is 24.2 Å². The van der Waals surface area contributed by atoms with Crippen LogP contribution < -0.4 is 10.6 Å². The molecule has 0 bridgehead atoms. The van der Waals surface area contributed by atoms with Crippen molar-refractivity contribution in [2.45, 2.75) is 39.8 Å². The van der Waals surface area contributed by atoms with Crippen molar-refractivity contribution in [1.29, 1.82) is 0 Å². The number of hydrogen-bond donors (Lipinski definition) is 2. The van der Waals surface area contributed by atoms with Crippen LogP contribution in [0.3, 0.4) is 0 Å². The zero-order valence-electron chi connectivity index (χ0n) is 17.8. The average molecular weight is 419 g/mol. The molecule has 1 unspecified atom stereocenters. The van der Waals surface area contributed by atoms with Gasteiger partial charge in [0.1, 0.15) is 6.04 Å². The van der Waals surface area contributed by atoms with Crippen molar-refractivity contribution >= 4 is 11.9 Å². The number of carbonyl (C=O) groups is 2. The second kappa shape index (κ2) is 8.14. The highest BCUT2D eigenvalue weighted by atomic mass is 19.2. The van der Waals surface area contributed by atoms with Crippen LogP contribution in [0.4, 0.5) is 13.6 Å². The van der Waals surface area contributed by atoms with Crippen LogP contribution in [-0.2, 0) is 17.8 Å². The van der Waals surface area contributed by atoms with Crippen molar-refractivity contribution < 1.29 is 18.4 Å². The van der Waals surface area contributed by atoms with Gasteiger partial charge in [0.05, 0.1) is 11.4 Å². The fourth-order valence-corrected chi connectivity index (χ4v) is 3.60. The number of fused-ring (bicyclic) bond motifs is 1. The summed E-state index contributed by atoms with van der Waals surface area (Å²) in [6, 6.07) is 2.27. The Balaban J connectivity index is 2.04. The molecular weight excluding hydrogens is 392 g/mol. The Labute approximate surface area is 174 Å². The summed E-state index contributed by atoms with van der Waals surface area (Å²) in [7, 11) is 3.45. The van der Waals surface area contributed by atoms with Crippen LogP contribution in [0, 0.1) is 17.0 Å². The van der Waals surface area contributed by atoms with Gasteiger partial charge < -0.3 is 15.5 Å². The Kier molecular flexibility index (Phi) is 5.94. The standard InChI is InChI=1S/C21H27F2N5O2/c1-21(2,3)18(19(29)24-4)25-20(30)28-16-8-9-27(5)11-13(16)17(26-28)12-6-7-14(22)15(23)10-12/h6-7,10,18H,8-9,11H2,1-5H3,(H,24,29)(H,25,30). The molecule has 1 atom stereocenters. The first kappa shape index (κ1) is 21.9. The minimum absolute atomic E-state index is 0.308. The molecule has 0 radical (unpaired) electrons. The number of nitrogens with one attached hydrogen (secondary N) is 2. The second-order valence-electron chi connectivity index (χ2n) is 8.67. The average Bonchev–Trinajstić information content (AvgIpc) is 3.05. The molecule has 1 aromatic carbocycles. The Morgan fingerprint density at radius 3 is 2.50 bits per heavy atom. The lowest BCUT2D eigenvalue weighted by Crippen LogP contribution is -2.54. The molecule has 9 heteroatoms. The molecule has 30 heavy (non-hydrogen) atoms. The van der Waals surface area contributed by atoms with Crippen LogP contribution in [0.25, 0.3) is 11.3 Å². The van der Waals surface area contributed by atoms with E-state index in [2.05, 4.69) is 20.6 Å². The van der Waals surface area contributed by atoms with Gasteiger partial charge in [-0.3, -0.25) is 4.79 Å². The van der Waals surface area contributed by atoms with Crippen molar-refractivity contribution in [1.82, 2.24) is 25.3 Å². The number of hydrogen-bond acceptors (Lipinski definition) is 4. The predicted molar refractivity (Wildman–Crippen MR) is 109 cm³/mol. The molecule has 0 aliphatic carbocycles. The molecule has 3 rings (SSSR count). The van der Waals surface area contributed by atoms with Gasteiger partial charge in [0.25, 0.3) is 0 Å². The summed E-state index contributed by atoms with van der Waals surface area (Å²) in [5.74, 6) is -2.23. The minimum atomic E-state index is -0.975. The molecule has 1 aromatic heterocycles. The summed E-state index contributed by atoms with van der Waals surface area (Å²) in [6.07, 6.45) is 0.566. The van der Waals surface area contributed by atoms with Gasteiger partial charge in [-0.25, -0.2) is 13.6 Å². The summed E-state index contributed by atoms with van der Waals surface area (Å²) in [5.41, 5.74) is 1.79. The van der Waals surface area contributed by atoms with Crippen molar-refractivity contribution in [3.63, 3.8) is 0 Å². The predicted octanol–water partition coefficient (Wildman–Crippen LogP) is 2.53. The normalized spacial score (nSPS) is 15.4. The number of benzene rings is 1. The minimum Gasteiger partial charge on any atom is -0.357 e. The Bertz CT molecular complexity index is 981. The van der Waals surface area contributed by atoms with E-state index in [4.69, 9.17) is 0 Å². The molecule has 0 saturated carbocycles. The number of nitrogens with zero attached hydrogens (tertiary/aromatic N) is 3. The third-order valence-electron chi connectivity index (χ3n) is 5.28. The summed E-state index contributed by atoms with van der Waals surface area (Å²) in [5, 5.41) is 9.79. The van der Waals surface area contributed by atoms with E-state index in [-0.39, 0.29) is 5.91 Å². The molecule has 0 fully saturated rings. The molecule has 162 valence electrons. The van der Waals surface area contributed by atoms with Gasteiger partial charge in [0.2, 0.25) is 5.91 Å². The lowest BCUT2D eigenvalue weighted by Gasteiger charge is -2.30. The highest BCUT2D eigenvalue weighted by Crippen LogP contribution is 2.30. The van der Waals surface area contributed by atoms with E-state index in [0.29, 0.717) is 29.9 Å². The highest BCUT2D eigenvalue weighted by molar-refractivity contribution is 5.88. The van der Waals surface area contributed by atoms with E-state index in [9.17, 15) is 18.4 Å². The van der Waals surface area contributed by atoms with Crippen molar-refractivity contribution in [3.05, 3.63) is 41.1 Å². The van der Waals surface area contributed by atoms with E-state index in [1.807, 2.05) is 27.8 Å². The second-order valence-corrected chi connectivity index (χ2v) is 8.67. The first-order valence-electron chi connectivity index (χ1n) is 9.80. The molecule has 0 spiro atoms. The molecular formula is C21H27F2N5O2. The third kappa shape index (κ3) is 4.21. The maximum absolute atomic E-state index is 13.8. The summed E-state index contributed by atoms with van der Waals surface area (Å²) < 4.78 is 28.5. The molecule has 2 N–H and O–H groups in total. The smallest absolute Gasteiger partial charge is 0.343 e. The maximum atomic E-state index is 13.8. The van der Waals surface area contributed by atoms with Crippen LogP contribution >= 0.6 is 0 Å². The van der Waals surface area contributed by atoms with Crippen LogP contribution in [0.1, 0.15) is 32.0 Å². The summed E-state index contributed by atoms with van der Waals surface area (Å²) >= 11 is 0. The summed E-state index contributed by atoms with van der Waals surface area (Å²) in [6.45, 7) is 6.81. The Morgan fingerprint density at radius 1 is 1.20 bits per heavy atom. The van der Waals surface area contributed by atoms with Crippen LogP contribution in [-0.4, -0.2) is 53.3 Å². The lowest BCUT2D eigenvalue weighted by molar-refractivity contribution is -0.124. The van der Waals surface area contributed by atoms with Gasteiger partial charge in [0.15, 0.2) is 11.6 Å². The number of aromatic nitrogens is 2. The molecule has 2 aromatic rings. The van der Waals surface area contributed by atoms with Gasteiger partial charge in [-0.15, -0.1) is 0 Å². The quantitative estimate of drug-likeness (QED) is 0.802. The van der Waals surface area contributed by atoms with Crippen LogP contribution in [0.15, 0.2) is 18.2 Å². The number of halogens is 2. The first-order chi connectivity index (χ1) is 14.0. The van der Waals surface area contributed by atoms with Gasteiger partial charge >= 0.3 is 6.03 Å². The number of likely N-dealkylation sites (N-methyl/N-ethyl adjacent to an activating group) is 2. The van der Waals surface area contributed by atoms with E-state index < -0.39 is 29.1 Å². The molecule has 1 aliphatic rings. The largest absolute Gasteiger partial charge is 0.357 e. The lowest BCUT2D eigenvalue weighted by atomic mass is 9.86.